The predicted molar refractivity (Wildman–Crippen MR) is 270 cm³/mol. The standard InChI is InChI=1S/C55H100O14/c1-3-5-7-9-11-13-15-17-19-21-23-25-27-29-31-33-35-37-39-64-41-44(67-47(57)38-36-34-32-30-28-26-24-22-20-18-16-14-12-10-8-6-4-2)42-65-54-53(63)51(61)49(59)46(69-54)43-66-55-52(62)50(60)48(58)45(40-56)68-55/h6,8,12,14,18,20,44-46,48-56,58-63H,3-5,7,9-11,13,15-17,19,21-43H2,1-2H3/b8-6-,14-12-,20-18-. The van der Waals surface area contributed by atoms with E-state index in [1.807, 2.05) is 0 Å². The van der Waals surface area contributed by atoms with Crippen LogP contribution < -0.4 is 0 Å². The summed E-state index contributed by atoms with van der Waals surface area (Å²) in [5.41, 5.74) is 0. The molecule has 14 nitrogen and oxygen atoms in total. The van der Waals surface area contributed by atoms with Gasteiger partial charge in [-0.2, -0.15) is 0 Å². The second-order valence-corrected chi connectivity index (χ2v) is 19.4. The number of hydrogen-bond acceptors (Lipinski definition) is 14. The SMILES string of the molecule is CC/C=C\C/C=C\C/C=C\CCCCCCCCCC(=O)OC(COCCCCCCCCCCCCCCCCCCCC)COC1OC(COC2OC(CO)C(O)C(O)C2O)C(O)C(O)C1O. The minimum atomic E-state index is -1.71. The van der Waals surface area contributed by atoms with Gasteiger partial charge >= 0.3 is 5.97 Å². The van der Waals surface area contributed by atoms with Crippen molar-refractivity contribution >= 4 is 5.97 Å². The fourth-order valence-corrected chi connectivity index (χ4v) is 8.71. The third kappa shape index (κ3) is 30.1. The molecule has 0 bridgehead atoms. The van der Waals surface area contributed by atoms with E-state index in [9.17, 15) is 40.5 Å². The van der Waals surface area contributed by atoms with Gasteiger partial charge in [-0.05, 0) is 44.9 Å². The number of carbonyl (C=O) groups is 1. The van der Waals surface area contributed by atoms with E-state index >= 15 is 0 Å². The summed E-state index contributed by atoms with van der Waals surface area (Å²) >= 11 is 0. The van der Waals surface area contributed by atoms with Gasteiger partial charge in [-0.1, -0.05) is 192 Å². The van der Waals surface area contributed by atoms with Crippen molar-refractivity contribution < 1.29 is 69.0 Å². The summed E-state index contributed by atoms with van der Waals surface area (Å²) in [5.74, 6) is -0.384. The monoisotopic (exact) mass is 985 g/mol. The Balaban J connectivity index is 1.74. The molecule has 11 atom stereocenters. The molecule has 7 N–H and O–H groups in total. The highest BCUT2D eigenvalue weighted by Gasteiger charge is 2.47. The zero-order chi connectivity index (χ0) is 50.2. The molecule has 2 fully saturated rings. The van der Waals surface area contributed by atoms with Crippen molar-refractivity contribution in [2.24, 2.45) is 0 Å². The van der Waals surface area contributed by atoms with Gasteiger partial charge < -0.3 is 64.2 Å². The molecule has 404 valence electrons. The van der Waals surface area contributed by atoms with Gasteiger partial charge in [0.05, 0.1) is 26.4 Å². The lowest BCUT2D eigenvalue weighted by molar-refractivity contribution is -0.332. The third-order valence-corrected chi connectivity index (χ3v) is 13.2. The van der Waals surface area contributed by atoms with E-state index in [2.05, 4.69) is 50.3 Å². The number of hydrogen-bond donors (Lipinski definition) is 7. The van der Waals surface area contributed by atoms with Crippen molar-refractivity contribution in [3.63, 3.8) is 0 Å². The van der Waals surface area contributed by atoms with Gasteiger partial charge in [0.25, 0.3) is 0 Å². The molecule has 0 radical (unpaired) electrons. The Kier molecular flexibility index (Phi) is 39.2. The van der Waals surface area contributed by atoms with Crippen LogP contribution in [0.15, 0.2) is 36.5 Å². The van der Waals surface area contributed by atoms with Gasteiger partial charge in [0.1, 0.15) is 54.9 Å². The second-order valence-electron chi connectivity index (χ2n) is 19.4. The molecule has 2 heterocycles. The lowest BCUT2D eigenvalue weighted by Gasteiger charge is -2.42. The van der Waals surface area contributed by atoms with Gasteiger partial charge in [0.2, 0.25) is 0 Å². The Bertz CT molecular complexity index is 1280. The summed E-state index contributed by atoms with van der Waals surface area (Å²) < 4.78 is 34.3. The Morgan fingerprint density at radius 2 is 0.942 bits per heavy atom. The Morgan fingerprint density at radius 1 is 0.493 bits per heavy atom. The summed E-state index contributed by atoms with van der Waals surface area (Å²) in [5, 5.41) is 72.2. The van der Waals surface area contributed by atoms with Gasteiger partial charge in [0, 0.05) is 13.0 Å². The number of rotatable bonds is 44. The van der Waals surface area contributed by atoms with Gasteiger partial charge in [0.15, 0.2) is 12.6 Å². The minimum absolute atomic E-state index is 0.0604. The molecule has 2 saturated heterocycles. The van der Waals surface area contributed by atoms with Crippen molar-refractivity contribution in [2.45, 2.75) is 274 Å². The lowest BCUT2D eigenvalue weighted by atomic mass is 9.98. The van der Waals surface area contributed by atoms with Crippen LogP contribution >= 0.6 is 0 Å². The number of aliphatic hydroxyl groups excluding tert-OH is 7. The molecular weight excluding hydrogens is 885 g/mol. The van der Waals surface area contributed by atoms with E-state index in [-0.39, 0.29) is 25.6 Å². The summed E-state index contributed by atoms with van der Waals surface area (Å²) in [6, 6.07) is 0. The van der Waals surface area contributed by atoms with E-state index in [0.29, 0.717) is 13.0 Å². The van der Waals surface area contributed by atoms with Crippen LogP contribution in [0.3, 0.4) is 0 Å². The quantitative estimate of drug-likeness (QED) is 0.0173. The molecule has 0 aromatic carbocycles. The van der Waals surface area contributed by atoms with Crippen LogP contribution in [0, 0.1) is 0 Å². The summed E-state index contributed by atoms with van der Waals surface area (Å²) in [6.45, 7) is 3.60. The topological polar surface area (TPSA) is 214 Å². The molecule has 0 aromatic heterocycles. The Hall–Kier alpha value is -1.79. The Labute approximate surface area is 417 Å². The van der Waals surface area contributed by atoms with Crippen molar-refractivity contribution in [3.05, 3.63) is 36.5 Å². The molecule has 0 amide bonds. The first-order valence-corrected chi connectivity index (χ1v) is 27.6. The number of esters is 1. The normalized spacial score (nSPS) is 25.9. The second kappa shape index (κ2) is 42.7. The maximum atomic E-state index is 13.0. The smallest absolute Gasteiger partial charge is 0.306 e. The van der Waals surface area contributed by atoms with E-state index in [0.717, 1.165) is 64.2 Å². The zero-order valence-corrected chi connectivity index (χ0v) is 43.1. The molecule has 11 unspecified atom stereocenters. The van der Waals surface area contributed by atoms with E-state index in [4.69, 9.17) is 28.4 Å². The number of ether oxygens (including phenoxy) is 6. The number of carbonyl (C=O) groups excluding carboxylic acids is 1. The van der Waals surface area contributed by atoms with Crippen molar-refractivity contribution in [3.8, 4) is 0 Å². The minimum Gasteiger partial charge on any atom is -0.457 e. The Morgan fingerprint density at radius 3 is 1.48 bits per heavy atom. The van der Waals surface area contributed by atoms with Crippen LogP contribution in [0.4, 0.5) is 0 Å². The lowest BCUT2D eigenvalue weighted by Crippen LogP contribution is -2.61. The van der Waals surface area contributed by atoms with Crippen LogP contribution in [0.5, 0.6) is 0 Å². The molecule has 0 aliphatic carbocycles. The van der Waals surface area contributed by atoms with Crippen molar-refractivity contribution in [2.75, 3.05) is 33.0 Å². The van der Waals surface area contributed by atoms with E-state index in [1.54, 1.807) is 0 Å². The molecule has 0 spiro atoms. The summed E-state index contributed by atoms with van der Waals surface area (Å²) in [7, 11) is 0. The van der Waals surface area contributed by atoms with Crippen LogP contribution in [0.1, 0.15) is 206 Å². The largest absolute Gasteiger partial charge is 0.457 e. The fraction of sp³-hybridized carbons (Fsp3) is 0.873. The fourth-order valence-electron chi connectivity index (χ4n) is 8.71. The number of allylic oxidation sites excluding steroid dienone is 6. The average Bonchev–Trinajstić information content (AvgIpc) is 3.35. The molecule has 69 heavy (non-hydrogen) atoms. The predicted octanol–water partition coefficient (Wildman–Crippen LogP) is 8.97. The van der Waals surface area contributed by atoms with Gasteiger partial charge in [-0.15, -0.1) is 0 Å². The molecule has 2 rings (SSSR count). The first kappa shape index (κ1) is 63.3. The molecular formula is C55H100O14. The van der Waals surface area contributed by atoms with Crippen LogP contribution in [0.2, 0.25) is 0 Å². The summed E-state index contributed by atoms with van der Waals surface area (Å²) in [4.78, 5) is 13.0. The van der Waals surface area contributed by atoms with Gasteiger partial charge in [-0.3, -0.25) is 4.79 Å². The molecule has 0 saturated carbocycles. The van der Waals surface area contributed by atoms with Gasteiger partial charge in [-0.25, -0.2) is 0 Å². The molecule has 2 aliphatic heterocycles. The maximum Gasteiger partial charge on any atom is 0.306 e. The van der Waals surface area contributed by atoms with Crippen LogP contribution in [-0.2, 0) is 33.2 Å². The van der Waals surface area contributed by atoms with Crippen molar-refractivity contribution in [1.82, 2.24) is 0 Å². The number of aliphatic hydroxyl groups is 7. The highest BCUT2D eigenvalue weighted by Crippen LogP contribution is 2.26. The van der Waals surface area contributed by atoms with E-state index < -0.39 is 80.7 Å². The third-order valence-electron chi connectivity index (χ3n) is 13.2. The van der Waals surface area contributed by atoms with Crippen LogP contribution in [0.25, 0.3) is 0 Å². The highest BCUT2D eigenvalue weighted by atomic mass is 16.7. The molecule has 2 aliphatic rings. The summed E-state index contributed by atoms with van der Waals surface area (Å²) in [6.07, 6.45) is 32.0. The maximum absolute atomic E-state index is 13.0. The van der Waals surface area contributed by atoms with Crippen LogP contribution in [-0.4, -0.2) is 142 Å². The molecule has 0 aromatic rings. The highest BCUT2D eigenvalue weighted by molar-refractivity contribution is 5.69. The van der Waals surface area contributed by atoms with Crippen molar-refractivity contribution in [1.29, 1.82) is 0 Å². The number of unbranched alkanes of at least 4 members (excludes halogenated alkanes) is 24. The first-order chi connectivity index (χ1) is 33.6. The zero-order valence-electron chi connectivity index (χ0n) is 43.1. The average molecular weight is 985 g/mol. The first-order valence-electron chi connectivity index (χ1n) is 27.6. The van der Waals surface area contributed by atoms with E-state index in [1.165, 1.54) is 116 Å². The molecule has 14 heteroatoms.